The van der Waals surface area contributed by atoms with E-state index in [-0.39, 0.29) is 0 Å². The van der Waals surface area contributed by atoms with E-state index in [0.717, 1.165) is 44.2 Å². The summed E-state index contributed by atoms with van der Waals surface area (Å²) in [6, 6.07) is 40.8. The Balaban J connectivity index is 1.56. The third-order valence-electron chi connectivity index (χ3n) is 6.47. The number of hydrogen-bond donors (Lipinski definition) is 0. The average Bonchev–Trinajstić information content (AvgIpc) is 3.35. The maximum Gasteiger partial charge on any atom is 0.168 e. The first-order valence-electron chi connectivity index (χ1n) is 12.2. The molecule has 0 amide bonds. The number of nitrogens with zero attached hydrogens (tertiary/aromatic N) is 5. The highest BCUT2D eigenvalue weighted by Crippen LogP contribution is 2.36. The van der Waals surface area contributed by atoms with Crippen LogP contribution in [0.4, 0.5) is 0 Å². The van der Waals surface area contributed by atoms with Crippen molar-refractivity contribution in [1.82, 2.24) is 24.6 Å². The molecule has 0 unspecified atom stereocenters. The molecule has 174 valence electrons. The summed E-state index contributed by atoms with van der Waals surface area (Å²) in [6.07, 6.45) is 2.07. The second-order valence-corrected chi connectivity index (χ2v) is 8.86. The molecule has 0 aliphatic rings. The van der Waals surface area contributed by atoms with E-state index in [1.54, 1.807) is 0 Å². The van der Waals surface area contributed by atoms with Crippen LogP contribution in [-0.2, 0) is 0 Å². The van der Waals surface area contributed by atoms with Crippen molar-refractivity contribution in [3.05, 3.63) is 128 Å². The lowest BCUT2D eigenvalue weighted by atomic mass is 10.0. The molecule has 0 aliphatic heterocycles. The van der Waals surface area contributed by atoms with Crippen LogP contribution < -0.4 is 0 Å². The Bertz CT molecular complexity index is 1800. The van der Waals surface area contributed by atoms with Gasteiger partial charge in [-0.05, 0) is 11.5 Å². The van der Waals surface area contributed by atoms with E-state index in [0.29, 0.717) is 17.5 Å². The van der Waals surface area contributed by atoms with Crippen LogP contribution in [0.2, 0.25) is 0 Å². The maximum atomic E-state index is 5.03. The van der Waals surface area contributed by atoms with Gasteiger partial charge in [0, 0.05) is 28.3 Å². The van der Waals surface area contributed by atoms with Gasteiger partial charge in [0.05, 0.1) is 11.1 Å². The summed E-state index contributed by atoms with van der Waals surface area (Å²) in [6.45, 7) is 0. The van der Waals surface area contributed by atoms with Crippen molar-refractivity contribution in [3.63, 3.8) is 0 Å². The highest BCUT2D eigenvalue weighted by Gasteiger charge is 2.21. The molecule has 5 heteroatoms. The van der Waals surface area contributed by atoms with Gasteiger partial charge in [-0.2, -0.15) is 5.10 Å². The van der Waals surface area contributed by atoms with Crippen molar-refractivity contribution in [3.8, 4) is 45.4 Å². The number of rotatable bonds is 4. The van der Waals surface area contributed by atoms with Crippen LogP contribution in [0, 0.1) is 0 Å². The molecule has 0 bridgehead atoms. The Morgan fingerprint density at radius 3 is 1.54 bits per heavy atom. The Labute approximate surface area is 213 Å². The third-order valence-corrected chi connectivity index (χ3v) is 6.47. The Morgan fingerprint density at radius 1 is 0.459 bits per heavy atom. The lowest BCUT2D eigenvalue weighted by Crippen LogP contribution is -2.00. The van der Waals surface area contributed by atoms with Crippen LogP contribution in [0.25, 0.3) is 61.7 Å². The normalized spacial score (nSPS) is 11.2. The van der Waals surface area contributed by atoms with Crippen LogP contribution in [-0.4, -0.2) is 24.6 Å². The van der Waals surface area contributed by atoms with E-state index in [1.807, 2.05) is 89.4 Å². The molecule has 37 heavy (non-hydrogen) atoms. The van der Waals surface area contributed by atoms with Crippen molar-refractivity contribution >= 4 is 16.3 Å². The Hall–Kier alpha value is -5.16. The quantitative estimate of drug-likeness (QED) is 0.267. The van der Waals surface area contributed by atoms with Crippen LogP contribution in [0.5, 0.6) is 0 Å². The molecule has 0 atom stereocenters. The van der Waals surface area contributed by atoms with Crippen molar-refractivity contribution in [2.75, 3.05) is 0 Å². The molecule has 7 aromatic rings. The standard InChI is InChI=1S/C32H21N5/c1-4-12-22(13-5-1)29-28(27-20-25-18-10-11-19-26(25)21-37(27)36-29)32-34-30(23-14-6-2-7-15-23)33-31(35-32)24-16-8-3-9-17-24/h1-21H. The van der Waals surface area contributed by atoms with Gasteiger partial charge in [-0.1, -0.05) is 115 Å². The van der Waals surface area contributed by atoms with Gasteiger partial charge in [-0.15, -0.1) is 0 Å². The van der Waals surface area contributed by atoms with E-state index < -0.39 is 0 Å². The third kappa shape index (κ3) is 3.83. The van der Waals surface area contributed by atoms with Gasteiger partial charge < -0.3 is 0 Å². The fourth-order valence-corrected chi connectivity index (χ4v) is 4.66. The highest BCUT2D eigenvalue weighted by atomic mass is 15.2. The first kappa shape index (κ1) is 21.1. The molecule has 0 saturated carbocycles. The zero-order valence-corrected chi connectivity index (χ0v) is 19.9. The van der Waals surface area contributed by atoms with Gasteiger partial charge in [0.2, 0.25) is 0 Å². The molecule has 0 N–H and O–H groups in total. The number of aromatic nitrogens is 5. The van der Waals surface area contributed by atoms with E-state index in [1.165, 1.54) is 0 Å². The fraction of sp³-hybridized carbons (Fsp3) is 0. The number of pyridine rings is 1. The summed E-state index contributed by atoms with van der Waals surface area (Å²) in [7, 11) is 0. The first-order chi connectivity index (χ1) is 18.3. The summed E-state index contributed by atoms with van der Waals surface area (Å²) in [4.78, 5) is 14.9. The predicted molar refractivity (Wildman–Crippen MR) is 148 cm³/mol. The zero-order chi connectivity index (χ0) is 24.6. The van der Waals surface area contributed by atoms with Gasteiger partial charge in [0.25, 0.3) is 0 Å². The molecule has 0 spiro atoms. The van der Waals surface area contributed by atoms with E-state index in [4.69, 9.17) is 20.1 Å². The summed E-state index contributed by atoms with van der Waals surface area (Å²) in [5.41, 5.74) is 5.54. The lowest BCUT2D eigenvalue weighted by molar-refractivity contribution is 0.974. The average molecular weight is 476 g/mol. The SMILES string of the molecule is c1ccc(-c2nc(-c3ccccc3)nc(-c3c(-c4ccccc4)nn4cc5ccccc5cc34)n2)cc1. The fourth-order valence-electron chi connectivity index (χ4n) is 4.66. The van der Waals surface area contributed by atoms with E-state index in [2.05, 4.69) is 42.6 Å². The molecule has 0 radical (unpaired) electrons. The second kappa shape index (κ2) is 8.81. The summed E-state index contributed by atoms with van der Waals surface area (Å²) in [5, 5.41) is 7.29. The molecule has 4 aromatic carbocycles. The molecular weight excluding hydrogens is 454 g/mol. The first-order valence-corrected chi connectivity index (χ1v) is 12.2. The molecule has 3 heterocycles. The molecule has 7 rings (SSSR count). The number of fused-ring (bicyclic) bond motifs is 2. The lowest BCUT2D eigenvalue weighted by Gasteiger charge is -2.09. The topological polar surface area (TPSA) is 56.0 Å². The Kier molecular flexibility index (Phi) is 5.03. The molecule has 0 saturated heterocycles. The van der Waals surface area contributed by atoms with Crippen LogP contribution in [0.1, 0.15) is 0 Å². The van der Waals surface area contributed by atoms with Gasteiger partial charge >= 0.3 is 0 Å². The summed E-state index contributed by atoms with van der Waals surface area (Å²) in [5.74, 6) is 1.85. The minimum atomic E-state index is 0.594. The van der Waals surface area contributed by atoms with Crippen molar-refractivity contribution < 1.29 is 0 Å². The van der Waals surface area contributed by atoms with E-state index in [9.17, 15) is 0 Å². The molecule has 0 aliphatic carbocycles. The largest absolute Gasteiger partial charge is 0.239 e. The van der Waals surface area contributed by atoms with E-state index >= 15 is 0 Å². The molecule has 5 nitrogen and oxygen atoms in total. The Morgan fingerprint density at radius 2 is 0.946 bits per heavy atom. The minimum Gasteiger partial charge on any atom is -0.239 e. The molecule has 0 fully saturated rings. The maximum absolute atomic E-state index is 5.03. The van der Waals surface area contributed by atoms with Crippen molar-refractivity contribution in [1.29, 1.82) is 0 Å². The second-order valence-electron chi connectivity index (χ2n) is 8.86. The zero-order valence-electron chi connectivity index (χ0n) is 19.9. The van der Waals surface area contributed by atoms with Gasteiger partial charge in [-0.3, -0.25) is 0 Å². The number of hydrogen-bond acceptors (Lipinski definition) is 4. The molecular formula is C32H21N5. The van der Waals surface area contributed by atoms with Crippen LogP contribution in [0.3, 0.4) is 0 Å². The highest BCUT2D eigenvalue weighted by molar-refractivity contribution is 5.95. The monoisotopic (exact) mass is 475 g/mol. The summed E-state index contributed by atoms with van der Waals surface area (Å²) < 4.78 is 1.94. The minimum absolute atomic E-state index is 0.594. The number of benzene rings is 4. The van der Waals surface area contributed by atoms with Crippen molar-refractivity contribution in [2.24, 2.45) is 0 Å². The molecule has 3 aromatic heterocycles. The predicted octanol–water partition coefficient (Wildman–Crippen LogP) is 7.34. The van der Waals surface area contributed by atoms with Crippen LogP contribution in [0.15, 0.2) is 128 Å². The smallest absolute Gasteiger partial charge is 0.168 e. The van der Waals surface area contributed by atoms with Gasteiger partial charge in [0.15, 0.2) is 17.5 Å². The summed E-state index contributed by atoms with van der Waals surface area (Å²) >= 11 is 0. The van der Waals surface area contributed by atoms with Gasteiger partial charge in [-0.25, -0.2) is 19.5 Å². The van der Waals surface area contributed by atoms with Crippen LogP contribution >= 0.6 is 0 Å². The van der Waals surface area contributed by atoms with Crippen molar-refractivity contribution in [2.45, 2.75) is 0 Å². The van der Waals surface area contributed by atoms with Gasteiger partial charge in [0.1, 0.15) is 5.69 Å².